The normalized spacial score (nSPS) is 12.7. The van der Waals surface area contributed by atoms with Crippen molar-refractivity contribution >= 4 is 17.9 Å². The molecule has 0 N–H and O–H groups in total. The van der Waals surface area contributed by atoms with E-state index in [9.17, 15) is 14.4 Å². The summed E-state index contributed by atoms with van der Waals surface area (Å²) in [5, 5.41) is 0. The predicted octanol–water partition coefficient (Wildman–Crippen LogP) is 20.3. The number of carbonyl (C=O) groups excluding carboxylic acids is 3. The number of hydrogen-bond acceptors (Lipinski definition) is 6. The Labute approximate surface area is 439 Å². The molecule has 408 valence electrons. The van der Waals surface area contributed by atoms with E-state index < -0.39 is 6.10 Å². The van der Waals surface area contributed by atoms with E-state index in [1.807, 2.05) is 6.08 Å². The highest BCUT2D eigenvalue weighted by atomic mass is 16.6. The van der Waals surface area contributed by atoms with Crippen LogP contribution in [0, 0.1) is 0 Å². The molecule has 0 saturated carbocycles. The Hall–Kier alpha value is -3.41. The monoisotopic (exact) mass is 989 g/mol. The topological polar surface area (TPSA) is 78.9 Å². The first-order valence-electron chi connectivity index (χ1n) is 30.1. The SMILES string of the molecule is CC/C=C\C/C=C\C/C=C\C/C=C\C/C=C\CCC(=O)OCC(COC(=O)CCCCCCCCC/C=C\CCCCCCCCCC)OC(=O)CCCCCCC/C=C\CCCCCCCCCCC. The molecule has 1 unspecified atom stereocenters. The highest BCUT2D eigenvalue weighted by Gasteiger charge is 2.19. The van der Waals surface area contributed by atoms with Crippen molar-refractivity contribution in [3.63, 3.8) is 0 Å². The lowest BCUT2D eigenvalue weighted by atomic mass is 10.1. The van der Waals surface area contributed by atoms with Crippen molar-refractivity contribution in [2.45, 2.75) is 297 Å². The van der Waals surface area contributed by atoms with Crippen LogP contribution in [0.2, 0.25) is 0 Å². The van der Waals surface area contributed by atoms with Gasteiger partial charge in [0, 0.05) is 19.3 Å². The standard InChI is InChI=1S/C65H112O6/c1-4-7-10-13-16-19-22-25-28-31-33-35-37-40-43-46-49-52-55-58-64(67)70-61-62(60-69-63(66)57-54-51-48-45-42-39-36-30-27-24-21-18-15-12-9-6-3)71-65(68)59-56-53-50-47-44-41-38-34-32-29-26-23-20-17-14-11-8-5-2/h9,12,18,21,27,30-31,33-34,38-39,42,48,51,62H,4-8,10-11,13-17,19-20,22-26,28-29,32,35-37,40-41,43-47,49-50,52-61H2,1-3H3/b12-9-,21-18-,30-27-,33-31-,38-34-,42-39-,51-48-. The third-order valence-electron chi connectivity index (χ3n) is 12.9. The molecule has 1 atom stereocenters. The Balaban J connectivity index is 4.47. The molecule has 0 aliphatic heterocycles. The Morgan fingerprint density at radius 1 is 0.296 bits per heavy atom. The number of esters is 3. The third kappa shape index (κ3) is 57.4. The molecule has 0 radical (unpaired) electrons. The predicted molar refractivity (Wildman–Crippen MR) is 307 cm³/mol. The van der Waals surface area contributed by atoms with Crippen molar-refractivity contribution in [3.8, 4) is 0 Å². The zero-order valence-electron chi connectivity index (χ0n) is 46.7. The minimum Gasteiger partial charge on any atom is -0.462 e. The second-order valence-corrected chi connectivity index (χ2v) is 19.9. The van der Waals surface area contributed by atoms with E-state index >= 15 is 0 Å². The van der Waals surface area contributed by atoms with Crippen molar-refractivity contribution in [2.75, 3.05) is 13.2 Å². The van der Waals surface area contributed by atoms with Crippen molar-refractivity contribution in [1.29, 1.82) is 0 Å². The van der Waals surface area contributed by atoms with Gasteiger partial charge in [0.2, 0.25) is 0 Å². The maximum Gasteiger partial charge on any atom is 0.306 e. The van der Waals surface area contributed by atoms with Crippen LogP contribution in [0.25, 0.3) is 0 Å². The summed E-state index contributed by atoms with van der Waals surface area (Å²) < 4.78 is 16.8. The molecule has 0 aromatic carbocycles. The average Bonchev–Trinajstić information content (AvgIpc) is 3.37. The molecule has 0 heterocycles. The summed E-state index contributed by atoms with van der Waals surface area (Å²) in [4.78, 5) is 38.2. The van der Waals surface area contributed by atoms with Crippen LogP contribution in [-0.4, -0.2) is 37.2 Å². The maximum atomic E-state index is 12.9. The second kappa shape index (κ2) is 59.2. The average molecular weight is 990 g/mol. The van der Waals surface area contributed by atoms with E-state index in [-0.39, 0.29) is 37.5 Å². The third-order valence-corrected chi connectivity index (χ3v) is 12.9. The van der Waals surface area contributed by atoms with Gasteiger partial charge in [-0.25, -0.2) is 0 Å². The summed E-state index contributed by atoms with van der Waals surface area (Å²) in [6.07, 6.45) is 77.4. The zero-order chi connectivity index (χ0) is 51.4. The van der Waals surface area contributed by atoms with Gasteiger partial charge >= 0.3 is 17.9 Å². The van der Waals surface area contributed by atoms with Crippen LogP contribution < -0.4 is 0 Å². The first-order valence-corrected chi connectivity index (χ1v) is 30.1. The van der Waals surface area contributed by atoms with E-state index in [1.54, 1.807) is 0 Å². The summed E-state index contributed by atoms with van der Waals surface area (Å²) in [6.45, 7) is 6.47. The van der Waals surface area contributed by atoms with Gasteiger partial charge in [0.25, 0.3) is 0 Å². The van der Waals surface area contributed by atoms with Crippen LogP contribution in [0.5, 0.6) is 0 Å². The molecule has 0 aromatic rings. The Bertz CT molecular complexity index is 1370. The number of allylic oxidation sites excluding steroid dienone is 14. The van der Waals surface area contributed by atoms with Gasteiger partial charge in [-0.2, -0.15) is 0 Å². The van der Waals surface area contributed by atoms with Crippen molar-refractivity contribution in [1.82, 2.24) is 0 Å². The molecule has 0 rings (SSSR count). The van der Waals surface area contributed by atoms with Gasteiger partial charge in [0.05, 0.1) is 0 Å². The summed E-state index contributed by atoms with van der Waals surface area (Å²) >= 11 is 0. The smallest absolute Gasteiger partial charge is 0.306 e. The fourth-order valence-electron chi connectivity index (χ4n) is 8.36. The minimum absolute atomic E-state index is 0.104. The fourth-order valence-corrected chi connectivity index (χ4v) is 8.36. The highest BCUT2D eigenvalue weighted by molar-refractivity contribution is 5.71. The van der Waals surface area contributed by atoms with E-state index in [0.717, 1.165) is 83.5 Å². The summed E-state index contributed by atoms with van der Waals surface area (Å²) in [7, 11) is 0. The van der Waals surface area contributed by atoms with E-state index in [0.29, 0.717) is 19.3 Å². The number of ether oxygens (including phenoxy) is 3. The van der Waals surface area contributed by atoms with Crippen LogP contribution in [-0.2, 0) is 28.6 Å². The number of rotatable bonds is 54. The van der Waals surface area contributed by atoms with Gasteiger partial charge in [-0.3, -0.25) is 14.4 Å². The fraction of sp³-hybridized carbons (Fsp3) is 0.738. The lowest BCUT2D eigenvalue weighted by Gasteiger charge is -2.18. The van der Waals surface area contributed by atoms with Crippen LogP contribution >= 0.6 is 0 Å². The van der Waals surface area contributed by atoms with Gasteiger partial charge in [-0.05, 0) is 103 Å². The number of unbranched alkanes of at least 4 members (excludes halogenated alkanes) is 29. The van der Waals surface area contributed by atoms with Crippen LogP contribution in [0.3, 0.4) is 0 Å². The Morgan fingerprint density at radius 2 is 0.577 bits per heavy atom. The van der Waals surface area contributed by atoms with E-state index in [4.69, 9.17) is 14.2 Å². The van der Waals surface area contributed by atoms with Crippen LogP contribution in [0.15, 0.2) is 85.1 Å². The minimum atomic E-state index is -0.814. The molecule has 0 saturated heterocycles. The first-order chi connectivity index (χ1) is 35.0. The van der Waals surface area contributed by atoms with Crippen LogP contribution in [0.1, 0.15) is 290 Å². The summed E-state index contributed by atoms with van der Waals surface area (Å²) in [5.74, 6) is -0.995. The quantitative estimate of drug-likeness (QED) is 0.0261. The maximum absolute atomic E-state index is 12.9. The summed E-state index contributed by atoms with van der Waals surface area (Å²) in [6, 6.07) is 0. The molecule has 0 spiro atoms. The van der Waals surface area contributed by atoms with Crippen LogP contribution in [0.4, 0.5) is 0 Å². The van der Waals surface area contributed by atoms with Crippen molar-refractivity contribution in [3.05, 3.63) is 85.1 Å². The van der Waals surface area contributed by atoms with E-state index in [2.05, 4.69) is 99.8 Å². The number of hydrogen-bond donors (Lipinski definition) is 0. The molecular formula is C65H112O6. The van der Waals surface area contributed by atoms with E-state index in [1.165, 1.54) is 161 Å². The molecular weight excluding hydrogens is 877 g/mol. The lowest BCUT2D eigenvalue weighted by Crippen LogP contribution is -2.30. The summed E-state index contributed by atoms with van der Waals surface area (Å²) in [5.41, 5.74) is 0. The van der Waals surface area contributed by atoms with Gasteiger partial charge in [0.1, 0.15) is 13.2 Å². The molecule has 0 bridgehead atoms. The molecule has 0 aromatic heterocycles. The van der Waals surface area contributed by atoms with Crippen molar-refractivity contribution < 1.29 is 28.6 Å². The van der Waals surface area contributed by atoms with Gasteiger partial charge in [-0.15, -0.1) is 0 Å². The molecule has 6 heteroatoms. The molecule has 0 fully saturated rings. The van der Waals surface area contributed by atoms with Gasteiger partial charge in [0.15, 0.2) is 6.10 Å². The Morgan fingerprint density at radius 3 is 0.944 bits per heavy atom. The molecule has 0 aliphatic rings. The highest BCUT2D eigenvalue weighted by Crippen LogP contribution is 2.15. The number of carbonyl (C=O) groups is 3. The molecule has 0 aliphatic carbocycles. The van der Waals surface area contributed by atoms with Crippen molar-refractivity contribution in [2.24, 2.45) is 0 Å². The Kier molecular flexibility index (Phi) is 56.3. The molecule has 71 heavy (non-hydrogen) atoms. The largest absolute Gasteiger partial charge is 0.462 e. The zero-order valence-corrected chi connectivity index (χ0v) is 46.7. The lowest BCUT2D eigenvalue weighted by molar-refractivity contribution is -0.166. The molecule has 0 amide bonds. The van der Waals surface area contributed by atoms with Gasteiger partial charge in [-0.1, -0.05) is 254 Å². The van der Waals surface area contributed by atoms with Gasteiger partial charge < -0.3 is 14.2 Å². The first kappa shape index (κ1) is 67.6. The second-order valence-electron chi connectivity index (χ2n) is 19.9. The molecule has 6 nitrogen and oxygen atoms in total.